The fourth-order valence-electron chi connectivity index (χ4n) is 3.47. The molecule has 0 N–H and O–H groups in total. The number of ether oxygens (including phenoxy) is 1. The van der Waals surface area contributed by atoms with Crippen LogP contribution in [0.4, 0.5) is 0 Å². The Balaban J connectivity index is 1.93. The van der Waals surface area contributed by atoms with Crippen molar-refractivity contribution < 1.29 is 9.53 Å². The van der Waals surface area contributed by atoms with Crippen LogP contribution >= 0.6 is 11.8 Å². The molecule has 7 nitrogen and oxygen atoms in total. The molecule has 2 heterocycles. The van der Waals surface area contributed by atoms with Crippen LogP contribution in [0.5, 0.6) is 0 Å². The summed E-state index contributed by atoms with van der Waals surface area (Å²) in [6.45, 7) is 7.60. The van der Waals surface area contributed by atoms with Gasteiger partial charge in [0.25, 0.3) is 5.56 Å². The number of hydrogen-bond donors (Lipinski definition) is 0. The highest BCUT2D eigenvalue weighted by Crippen LogP contribution is 2.24. The highest BCUT2D eigenvalue weighted by molar-refractivity contribution is 7.99. The lowest BCUT2D eigenvalue weighted by Gasteiger charge is -2.13. The molecular weight excluding hydrogens is 400 g/mol. The van der Waals surface area contributed by atoms with Crippen molar-refractivity contribution in [1.82, 2.24) is 19.2 Å². The van der Waals surface area contributed by atoms with E-state index >= 15 is 0 Å². The number of aromatic nitrogens is 4. The van der Waals surface area contributed by atoms with Gasteiger partial charge in [-0.15, -0.1) is 10.2 Å². The molecule has 0 amide bonds. The van der Waals surface area contributed by atoms with E-state index < -0.39 is 0 Å². The molecule has 0 radical (unpaired) electrons. The zero-order chi connectivity index (χ0) is 21.4. The number of nitrogens with zero attached hydrogens (tertiary/aromatic N) is 4. The zero-order valence-electron chi connectivity index (χ0n) is 17.2. The molecule has 30 heavy (non-hydrogen) atoms. The first-order chi connectivity index (χ1) is 14.4. The van der Waals surface area contributed by atoms with Crippen molar-refractivity contribution in [3.8, 4) is 5.69 Å². The Morgan fingerprint density at radius 2 is 1.90 bits per heavy atom. The summed E-state index contributed by atoms with van der Waals surface area (Å²) >= 11 is 1.24. The molecule has 4 rings (SSSR count). The molecule has 2 aromatic heterocycles. The molecule has 0 aliphatic rings. The van der Waals surface area contributed by atoms with Gasteiger partial charge in [-0.2, -0.15) is 0 Å². The zero-order valence-corrected chi connectivity index (χ0v) is 18.1. The van der Waals surface area contributed by atoms with E-state index in [1.54, 1.807) is 10.6 Å². The normalized spacial score (nSPS) is 11.5. The minimum absolute atomic E-state index is 0.107. The predicted molar refractivity (Wildman–Crippen MR) is 118 cm³/mol. The standard InChI is InChI=1S/C22H22N4O3S/c1-13(2)29-19(27)12-30-22-24-23-21-25(17-10-9-14(3)11-15(17)4)20(28)16-7-5-6-8-18(16)26(21)22/h5-11,13H,12H2,1-4H3. The summed E-state index contributed by atoms with van der Waals surface area (Å²) in [4.78, 5) is 25.4. The fourth-order valence-corrected chi connectivity index (χ4v) is 4.19. The molecule has 0 unspecified atom stereocenters. The minimum Gasteiger partial charge on any atom is -0.462 e. The van der Waals surface area contributed by atoms with Crippen LogP contribution in [0.1, 0.15) is 25.0 Å². The van der Waals surface area contributed by atoms with E-state index in [-0.39, 0.29) is 23.4 Å². The van der Waals surface area contributed by atoms with Crippen LogP contribution < -0.4 is 5.56 Å². The first kappa shape index (κ1) is 20.2. The number of esters is 1. The molecule has 4 aromatic rings. The van der Waals surface area contributed by atoms with Crippen molar-refractivity contribution in [2.75, 3.05) is 5.75 Å². The smallest absolute Gasteiger partial charge is 0.316 e. The Morgan fingerprint density at radius 1 is 1.13 bits per heavy atom. The molecule has 0 spiro atoms. The molecule has 0 aliphatic carbocycles. The Kier molecular flexibility index (Phi) is 5.34. The van der Waals surface area contributed by atoms with Crippen LogP contribution in [0.3, 0.4) is 0 Å². The molecule has 0 saturated heterocycles. The number of para-hydroxylation sites is 1. The SMILES string of the molecule is Cc1ccc(-n2c(=O)c3ccccc3n3c(SCC(=O)OC(C)C)nnc23)c(C)c1. The van der Waals surface area contributed by atoms with Crippen LogP contribution in [0, 0.1) is 13.8 Å². The van der Waals surface area contributed by atoms with Crippen LogP contribution in [0.2, 0.25) is 0 Å². The van der Waals surface area contributed by atoms with Crippen molar-refractivity contribution in [2.24, 2.45) is 0 Å². The number of carbonyl (C=O) groups is 1. The predicted octanol–water partition coefficient (Wildman–Crippen LogP) is 3.69. The number of fused-ring (bicyclic) bond motifs is 3. The van der Waals surface area contributed by atoms with Crippen molar-refractivity contribution in [3.05, 3.63) is 63.9 Å². The van der Waals surface area contributed by atoms with Gasteiger partial charge in [0.15, 0.2) is 5.16 Å². The van der Waals surface area contributed by atoms with Crippen LogP contribution in [0.15, 0.2) is 52.4 Å². The number of aryl methyl sites for hydroxylation is 2. The second-order valence-corrected chi connectivity index (χ2v) is 8.34. The third kappa shape index (κ3) is 3.59. The maximum absolute atomic E-state index is 13.4. The van der Waals surface area contributed by atoms with E-state index in [2.05, 4.69) is 10.2 Å². The highest BCUT2D eigenvalue weighted by Gasteiger charge is 2.19. The Labute approximate surface area is 177 Å². The quantitative estimate of drug-likeness (QED) is 0.361. The Morgan fingerprint density at radius 3 is 2.63 bits per heavy atom. The van der Waals surface area contributed by atoms with Gasteiger partial charge >= 0.3 is 5.97 Å². The average molecular weight is 423 g/mol. The number of carbonyl (C=O) groups excluding carboxylic acids is 1. The second kappa shape index (κ2) is 7.95. The van der Waals surface area contributed by atoms with Gasteiger partial charge in [0.2, 0.25) is 5.78 Å². The summed E-state index contributed by atoms with van der Waals surface area (Å²) in [5, 5.41) is 9.67. The van der Waals surface area contributed by atoms with Gasteiger partial charge in [0.1, 0.15) is 0 Å². The van der Waals surface area contributed by atoms with E-state index in [0.29, 0.717) is 21.8 Å². The van der Waals surface area contributed by atoms with Gasteiger partial charge in [-0.05, 0) is 51.5 Å². The first-order valence-electron chi connectivity index (χ1n) is 9.65. The molecule has 0 atom stereocenters. The van der Waals surface area contributed by atoms with Gasteiger partial charge in [0, 0.05) is 0 Å². The summed E-state index contributed by atoms with van der Waals surface area (Å²) in [5.41, 5.74) is 3.37. The van der Waals surface area contributed by atoms with Crippen molar-refractivity contribution >= 4 is 34.4 Å². The third-order valence-electron chi connectivity index (χ3n) is 4.67. The van der Waals surface area contributed by atoms with Crippen molar-refractivity contribution in [3.63, 3.8) is 0 Å². The molecule has 154 valence electrons. The Hall–Kier alpha value is -3.13. The molecule has 0 fully saturated rings. The topological polar surface area (TPSA) is 78.5 Å². The van der Waals surface area contributed by atoms with Gasteiger partial charge in [-0.3, -0.25) is 14.0 Å². The maximum Gasteiger partial charge on any atom is 0.316 e. The largest absolute Gasteiger partial charge is 0.462 e. The van der Waals surface area contributed by atoms with Gasteiger partial charge in [-0.25, -0.2) is 4.57 Å². The van der Waals surface area contributed by atoms with Gasteiger partial charge in [0.05, 0.1) is 28.4 Å². The second-order valence-electron chi connectivity index (χ2n) is 7.39. The fraction of sp³-hybridized carbons (Fsp3) is 0.273. The number of thioether (sulfide) groups is 1. The van der Waals surface area contributed by atoms with Crippen LogP contribution in [0.25, 0.3) is 22.4 Å². The lowest BCUT2D eigenvalue weighted by atomic mass is 10.1. The van der Waals surface area contributed by atoms with E-state index in [4.69, 9.17) is 4.74 Å². The van der Waals surface area contributed by atoms with Gasteiger partial charge in [-0.1, -0.05) is 41.6 Å². The van der Waals surface area contributed by atoms with E-state index in [9.17, 15) is 9.59 Å². The van der Waals surface area contributed by atoms with Crippen LogP contribution in [-0.4, -0.2) is 37.0 Å². The van der Waals surface area contributed by atoms with Gasteiger partial charge < -0.3 is 4.74 Å². The molecule has 8 heteroatoms. The van der Waals surface area contributed by atoms with Crippen molar-refractivity contribution in [1.29, 1.82) is 0 Å². The number of rotatable bonds is 5. The summed E-state index contributed by atoms with van der Waals surface area (Å²) in [5.74, 6) is 0.194. The van der Waals surface area contributed by atoms with Crippen molar-refractivity contribution in [2.45, 2.75) is 39.0 Å². The number of benzene rings is 2. The first-order valence-corrected chi connectivity index (χ1v) is 10.6. The Bertz CT molecular complexity index is 1320. The molecule has 0 aliphatic heterocycles. The summed E-state index contributed by atoms with van der Waals surface area (Å²) in [7, 11) is 0. The van der Waals surface area contributed by atoms with E-state index in [0.717, 1.165) is 16.8 Å². The molecular formula is C22H22N4O3S. The lowest BCUT2D eigenvalue weighted by Crippen LogP contribution is -2.22. The van der Waals surface area contributed by atoms with E-state index in [1.807, 2.05) is 68.5 Å². The summed E-state index contributed by atoms with van der Waals surface area (Å²) in [6.07, 6.45) is -0.177. The summed E-state index contributed by atoms with van der Waals surface area (Å²) < 4.78 is 8.62. The third-order valence-corrected chi connectivity index (χ3v) is 5.58. The molecule has 0 bridgehead atoms. The highest BCUT2D eigenvalue weighted by atomic mass is 32.2. The maximum atomic E-state index is 13.4. The van der Waals surface area contributed by atoms with E-state index in [1.165, 1.54) is 11.8 Å². The average Bonchev–Trinajstić information content (AvgIpc) is 3.11. The van der Waals surface area contributed by atoms with Crippen LogP contribution in [-0.2, 0) is 9.53 Å². The molecule has 2 aromatic carbocycles. The minimum atomic E-state index is -0.321. The number of hydrogen-bond acceptors (Lipinski definition) is 6. The monoisotopic (exact) mass is 422 g/mol. The summed E-state index contributed by atoms with van der Waals surface area (Å²) in [6, 6.07) is 13.3. The molecule has 0 saturated carbocycles. The lowest BCUT2D eigenvalue weighted by molar-refractivity contribution is -0.144.